The summed E-state index contributed by atoms with van der Waals surface area (Å²) < 4.78 is 20.7. The van der Waals surface area contributed by atoms with Crippen LogP contribution in [0.15, 0.2) is 24.3 Å². The van der Waals surface area contributed by atoms with E-state index in [0.717, 1.165) is 30.7 Å². The summed E-state index contributed by atoms with van der Waals surface area (Å²) >= 11 is 0. The van der Waals surface area contributed by atoms with Gasteiger partial charge in [-0.05, 0) is 50.8 Å². The Kier molecular flexibility index (Phi) is 7.24. The van der Waals surface area contributed by atoms with E-state index in [-0.39, 0.29) is 23.6 Å². The predicted molar refractivity (Wildman–Crippen MR) is 112 cm³/mol. The van der Waals surface area contributed by atoms with Crippen LogP contribution in [0.5, 0.6) is 0 Å². The zero-order valence-electron chi connectivity index (χ0n) is 18.0. The average molecular weight is 416 g/mol. The summed E-state index contributed by atoms with van der Waals surface area (Å²) in [6.07, 6.45) is 3.58. The fraction of sp³-hybridized carbons (Fsp3) is 0.522. The maximum absolute atomic E-state index is 13.8. The van der Waals surface area contributed by atoms with Crippen molar-refractivity contribution in [1.82, 2.24) is 14.7 Å². The van der Waals surface area contributed by atoms with Gasteiger partial charge >= 0.3 is 5.97 Å². The van der Waals surface area contributed by atoms with Crippen molar-refractivity contribution in [3.63, 3.8) is 0 Å². The van der Waals surface area contributed by atoms with Gasteiger partial charge in [-0.1, -0.05) is 26.3 Å². The molecule has 1 aliphatic rings. The van der Waals surface area contributed by atoms with Crippen molar-refractivity contribution in [2.75, 3.05) is 19.7 Å². The van der Waals surface area contributed by atoms with Crippen molar-refractivity contribution in [1.29, 1.82) is 0 Å². The van der Waals surface area contributed by atoms with Gasteiger partial charge in [0.1, 0.15) is 5.82 Å². The summed E-state index contributed by atoms with van der Waals surface area (Å²) in [5, 5.41) is 4.69. The van der Waals surface area contributed by atoms with Crippen molar-refractivity contribution in [3.05, 3.63) is 47.0 Å². The number of aryl methyl sites for hydroxylation is 1. The minimum absolute atomic E-state index is 0.105. The molecule has 1 atom stereocenters. The van der Waals surface area contributed by atoms with Crippen LogP contribution in [-0.4, -0.2) is 46.3 Å². The Labute approximate surface area is 177 Å². The van der Waals surface area contributed by atoms with Gasteiger partial charge in [0.25, 0.3) is 5.91 Å². The molecule has 0 radical (unpaired) electrons. The van der Waals surface area contributed by atoms with Gasteiger partial charge in [-0.15, -0.1) is 0 Å². The third-order valence-corrected chi connectivity index (χ3v) is 5.47. The number of likely N-dealkylation sites (tertiary alicyclic amines) is 1. The molecule has 0 spiro atoms. The van der Waals surface area contributed by atoms with Crippen LogP contribution in [0.4, 0.5) is 4.39 Å². The molecule has 162 valence electrons. The highest BCUT2D eigenvalue weighted by atomic mass is 19.1. The topological polar surface area (TPSA) is 64.4 Å². The lowest BCUT2D eigenvalue weighted by Gasteiger charge is -2.31. The number of halogens is 1. The number of benzene rings is 1. The molecule has 1 aliphatic heterocycles. The number of amides is 1. The van der Waals surface area contributed by atoms with Crippen LogP contribution in [0.25, 0.3) is 5.69 Å². The lowest BCUT2D eigenvalue weighted by molar-refractivity contribution is -0.149. The first kappa shape index (κ1) is 22.0. The summed E-state index contributed by atoms with van der Waals surface area (Å²) in [5.41, 5.74) is 2.69. The summed E-state index contributed by atoms with van der Waals surface area (Å²) in [5.74, 6) is -0.981. The number of nitrogens with zero attached hydrogens (tertiary/aromatic N) is 3. The van der Waals surface area contributed by atoms with Crippen LogP contribution < -0.4 is 0 Å². The van der Waals surface area contributed by atoms with E-state index in [1.807, 2.05) is 13.8 Å². The summed E-state index contributed by atoms with van der Waals surface area (Å²) in [4.78, 5) is 27.5. The van der Waals surface area contributed by atoms with Crippen molar-refractivity contribution in [2.24, 2.45) is 5.92 Å². The number of hydrogen-bond acceptors (Lipinski definition) is 4. The SMILES string of the molecule is CCCc1nn(-c2cccc(F)c2)c(CC)c1C(=O)N1CCC[C@@H](C(=O)OCC)C1. The molecule has 0 unspecified atom stereocenters. The molecule has 1 saturated heterocycles. The Hall–Kier alpha value is -2.70. The van der Waals surface area contributed by atoms with Gasteiger partial charge in [0.15, 0.2) is 0 Å². The maximum Gasteiger partial charge on any atom is 0.310 e. The molecular formula is C23H30FN3O3. The normalized spacial score (nSPS) is 16.5. The first-order chi connectivity index (χ1) is 14.5. The lowest BCUT2D eigenvalue weighted by atomic mass is 9.96. The molecule has 2 aromatic rings. The number of hydrogen-bond donors (Lipinski definition) is 0. The second kappa shape index (κ2) is 9.87. The molecule has 0 aliphatic carbocycles. The molecule has 1 aromatic heterocycles. The number of carbonyl (C=O) groups is 2. The molecule has 0 bridgehead atoms. The Balaban J connectivity index is 1.97. The molecule has 1 fully saturated rings. The first-order valence-corrected chi connectivity index (χ1v) is 10.8. The van der Waals surface area contributed by atoms with Crippen LogP contribution >= 0.6 is 0 Å². The van der Waals surface area contributed by atoms with Gasteiger partial charge in [0.05, 0.1) is 35.2 Å². The van der Waals surface area contributed by atoms with E-state index in [1.165, 1.54) is 12.1 Å². The Morgan fingerprint density at radius 1 is 1.27 bits per heavy atom. The summed E-state index contributed by atoms with van der Waals surface area (Å²) in [7, 11) is 0. The molecule has 0 saturated carbocycles. The van der Waals surface area contributed by atoms with Gasteiger partial charge in [-0.25, -0.2) is 9.07 Å². The van der Waals surface area contributed by atoms with E-state index in [9.17, 15) is 14.0 Å². The molecular weight excluding hydrogens is 385 g/mol. The van der Waals surface area contributed by atoms with Crippen molar-refractivity contribution < 1.29 is 18.7 Å². The number of ether oxygens (including phenoxy) is 1. The van der Waals surface area contributed by atoms with E-state index >= 15 is 0 Å². The van der Waals surface area contributed by atoms with Crippen LogP contribution in [0, 0.1) is 11.7 Å². The molecule has 6 nitrogen and oxygen atoms in total. The molecule has 1 amide bonds. The summed E-state index contributed by atoms with van der Waals surface area (Å²) in [6, 6.07) is 6.24. The molecule has 30 heavy (non-hydrogen) atoms. The number of carbonyl (C=O) groups excluding carboxylic acids is 2. The second-order valence-electron chi connectivity index (χ2n) is 7.61. The van der Waals surface area contributed by atoms with Crippen LogP contribution in [0.2, 0.25) is 0 Å². The largest absolute Gasteiger partial charge is 0.466 e. The van der Waals surface area contributed by atoms with Gasteiger partial charge in [-0.3, -0.25) is 9.59 Å². The average Bonchev–Trinajstić information content (AvgIpc) is 3.12. The molecule has 3 rings (SSSR count). The Bertz CT molecular complexity index is 909. The van der Waals surface area contributed by atoms with Crippen molar-refractivity contribution >= 4 is 11.9 Å². The standard InChI is InChI=1S/C23H30FN3O3/c1-4-9-19-21(20(5-2)27(25-19)18-12-7-11-17(24)14-18)22(28)26-13-8-10-16(15-26)23(29)30-6-3/h7,11-12,14,16H,4-6,8-10,13,15H2,1-3H3/t16-/m1/s1. The third-order valence-electron chi connectivity index (χ3n) is 5.47. The van der Waals surface area contributed by atoms with Crippen LogP contribution in [0.3, 0.4) is 0 Å². The number of rotatable bonds is 7. The second-order valence-corrected chi connectivity index (χ2v) is 7.61. The number of esters is 1. The van der Waals surface area contributed by atoms with Crippen molar-refractivity contribution in [2.45, 2.75) is 52.9 Å². The summed E-state index contributed by atoms with van der Waals surface area (Å²) in [6.45, 7) is 7.10. The fourth-order valence-corrected chi connectivity index (χ4v) is 4.08. The zero-order valence-corrected chi connectivity index (χ0v) is 18.0. The van der Waals surface area contributed by atoms with E-state index < -0.39 is 0 Å². The van der Waals surface area contributed by atoms with Gasteiger partial charge in [0, 0.05) is 13.1 Å². The molecule has 7 heteroatoms. The lowest BCUT2D eigenvalue weighted by Crippen LogP contribution is -2.43. The molecule has 1 aromatic carbocycles. The highest BCUT2D eigenvalue weighted by Gasteiger charge is 2.33. The monoisotopic (exact) mass is 415 g/mol. The Morgan fingerprint density at radius 2 is 2.07 bits per heavy atom. The minimum atomic E-state index is -0.344. The number of piperidine rings is 1. The van der Waals surface area contributed by atoms with Crippen LogP contribution in [0.1, 0.15) is 61.8 Å². The Morgan fingerprint density at radius 3 is 2.73 bits per heavy atom. The molecule has 2 heterocycles. The third kappa shape index (κ3) is 4.55. The van der Waals surface area contributed by atoms with Crippen LogP contribution in [-0.2, 0) is 22.4 Å². The highest BCUT2D eigenvalue weighted by Crippen LogP contribution is 2.26. The van der Waals surface area contributed by atoms with Gasteiger partial charge in [0.2, 0.25) is 0 Å². The van der Waals surface area contributed by atoms with Crippen molar-refractivity contribution in [3.8, 4) is 5.69 Å². The minimum Gasteiger partial charge on any atom is -0.466 e. The van der Waals surface area contributed by atoms with E-state index in [4.69, 9.17) is 9.84 Å². The quantitative estimate of drug-likeness (QED) is 0.643. The highest BCUT2D eigenvalue weighted by molar-refractivity contribution is 5.97. The van der Waals surface area contributed by atoms with E-state index in [2.05, 4.69) is 0 Å². The van der Waals surface area contributed by atoms with Gasteiger partial charge < -0.3 is 9.64 Å². The van der Waals surface area contributed by atoms with Gasteiger partial charge in [-0.2, -0.15) is 5.10 Å². The van der Waals surface area contributed by atoms with E-state index in [0.29, 0.717) is 43.8 Å². The van der Waals surface area contributed by atoms with E-state index in [1.54, 1.807) is 28.6 Å². The predicted octanol–water partition coefficient (Wildman–Crippen LogP) is 3.94. The zero-order chi connectivity index (χ0) is 21.7. The molecule has 0 N–H and O–H groups in total. The smallest absolute Gasteiger partial charge is 0.310 e. The fourth-order valence-electron chi connectivity index (χ4n) is 4.08. The number of aromatic nitrogens is 2. The maximum atomic E-state index is 13.8. The first-order valence-electron chi connectivity index (χ1n) is 10.8.